The van der Waals surface area contributed by atoms with E-state index in [0.29, 0.717) is 6.61 Å². The summed E-state index contributed by atoms with van der Waals surface area (Å²) in [4.78, 5) is 0. The van der Waals surface area contributed by atoms with Crippen molar-refractivity contribution in [2.75, 3.05) is 33.0 Å². The molecule has 1 rings (SSSR count). The zero-order valence-electron chi connectivity index (χ0n) is 11.4. The number of aliphatic hydroxyl groups is 4. The number of benzene rings is 1. The fourth-order valence-electron chi connectivity index (χ4n) is 1.60. The quantitative estimate of drug-likeness (QED) is 0.373. The standard InChI is InChI=1S/C14H23NO5/c16-9-14(10-17,11-18)15-6-13(19)8-20-7-12-4-2-1-3-5-12/h1-5,13,15-19H,6-11H2. The Kier molecular flexibility index (Phi) is 7.68. The van der Waals surface area contributed by atoms with Crippen LogP contribution in [0.2, 0.25) is 0 Å². The zero-order chi connectivity index (χ0) is 14.8. The van der Waals surface area contributed by atoms with E-state index in [1.54, 1.807) is 0 Å². The van der Waals surface area contributed by atoms with Crippen LogP contribution in [0.4, 0.5) is 0 Å². The van der Waals surface area contributed by atoms with Gasteiger partial charge in [0, 0.05) is 6.54 Å². The Morgan fingerprint density at radius 3 is 2.20 bits per heavy atom. The molecule has 6 heteroatoms. The first-order valence-corrected chi connectivity index (χ1v) is 6.53. The minimum absolute atomic E-state index is 0.108. The Bertz CT molecular complexity index is 348. The SMILES string of the molecule is OCC(CO)(CO)NCC(O)COCc1ccccc1. The number of ether oxygens (including phenoxy) is 1. The van der Waals surface area contributed by atoms with Gasteiger partial charge in [-0.1, -0.05) is 30.3 Å². The monoisotopic (exact) mass is 285 g/mol. The molecule has 0 aliphatic heterocycles. The van der Waals surface area contributed by atoms with Crippen molar-refractivity contribution in [2.45, 2.75) is 18.2 Å². The molecule has 0 bridgehead atoms. The van der Waals surface area contributed by atoms with Gasteiger partial charge in [-0.15, -0.1) is 0 Å². The van der Waals surface area contributed by atoms with Gasteiger partial charge in [-0.2, -0.15) is 0 Å². The molecule has 1 aromatic rings. The second kappa shape index (κ2) is 9.02. The van der Waals surface area contributed by atoms with E-state index in [4.69, 9.17) is 20.1 Å². The molecule has 0 aliphatic carbocycles. The summed E-state index contributed by atoms with van der Waals surface area (Å²) in [5, 5.41) is 39.9. The van der Waals surface area contributed by atoms with Crippen LogP contribution in [0.15, 0.2) is 30.3 Å². The topological polar surface area (TPSA) is 102 Å². The molecule has 0 saturated heterocycles. The zero-order valence-corrected chi connectivity index (χ0v) is 11.4. The second-order valence-corrected chi connectivity index (χ2v) is 4.79. The Balaban J connectivity index is 2.25. The smallest absolute Gasteiger partial charge is 0.0898 e. The first kappa shape index (κ1) is 17.0. The summed E-state index contributed by atoms with van der Waals surface area (Å²) >= 11 is 0. The molecule has 0 saturated carbocycles. The highest BCUT2D eigenvalue weighted by Crippen LogP contribution is 2.03. The van der Waals surface area contributed by atoms with Crippen molar-refractivity contribution < 1.29 is 25.2 Å². The Morgan fingerprint density at radius 2 is 1.65 bits per heavy atom. The predicted molar refractivity (Wildman–Crippen MR) is 74.1 cm³/mol. The summed E-state index contributed by atoms with van der Waals surface area (Å²) in [5.41, 5.74) is -0.163. The van der Waals surface area contributed by atoms with Crippen molar-refractivity contribution >= 4 is 0 Å². The van der Waals surface area contributed by atoms with E-state index in [-0.39, 0.29) is 13.2 Å². The molecule has 5 N–H and O–H groups in total. The molecule has 1 aromatic carbocycles. The highest BCUT2D eigenvalue weighted by atomic mass is 16.5. The van der Waals surface area contributed by atoms with Crippen molar-refractivity contribution in [3.05, 3.63) is 35.9 Å². The maximum Gasteiger partial charge on any atom is 0.0898 e. The Labute approximate surface area is 118 Å². The van der Waals surface area contributed by atoms with Gasteiger partial charge >= 0.3 is 0 Å². The van der Waals surface area contributed by atoms with Gasteiger partial charge in [0.05, 0.1) is 44.7 Å². The summed E-state index contributed by atoms with van der Waals surface area (Å²) in [6, 6.07) is 9.60. The van der Waals surface area contributed by atoms with Crippen LogP contribution < -0.4 is 5.32 Å². The van der Waals surface area contributed by atoms with Crippen molar-refractivity contribution in [2.24, 2.45) is 0 Å². The fraction of sp³-hybridized carbons (Fsp3) is 0.571. The average molecular weight is 285 g/mol. The molecule has 0 heterocycles. The summed E-state index contributed by atoms with van der Waals surface area (Å²) in [6.07, 6.45) is -0.789. The molecule has 1 atom stereocenters. The third-order valence-electron chi connectivity index (χ3n) is 3.04. The Morgan fingerprint density at radius 1 is 1.05 bits per heavy atom. The lowest BCUT2D eigenvalue weighted by Gasteiger charge is -2.29. The van der Waals surface area contributed by atoms with Crippen LogP contribution >= 0.6 is 0 Å². The first-order chi connectivity index (χ1) is 9.65. The highest BCUT2D eigenvalue weighted by molar-refractivity contribution is 5.13. The van der Waals surface area contributed by atoms with Crippen LogP contribution in [-0.4, -0.2) is 65.0 Å². The molecular formula is C14H23NO5. The maximum atomic E-state index is 9.74. The van der Waals surface area contributed by atoms with E-state index in [9.17, 15) is 5.11 Å². The molecule has 0 radical (unpaired) electrons. The van der Waals surface area contributed by atoms with E-state index in [1.807, 2.05) is 30.3 Å². The third kappa shape index (κ3) is 5.54. The van der Waals surface area contributed by atoms with Crippen molar-refractivity contribution in [1.29, 1.82) is 0 Å². The van der Waals surface area contributed by atoms with Crippen LogP contribution in [0.25, 0.3) is 0 Å². The van der Waals surface area contributed by atoms with Crippen LogP contribution in [0, 0.1) is 0 Å². The largest absolute Gasteiger partial charge is 0.394 e. The minimum Gasteiger partial charge on any atom is -0.394 e. The summed E-state index contributed by atoms with van der Waals surface area (Å²) in [7, 11) is 0. The summed E-state index contributed by atoms with van der Waals surface area (Å²) in [5.74, 6) is 0. The van der Waals surface area contributed by atoms with Gasteiger partial charge in [-0.3, -0.25) is 0 Å². The molecule has 0 aliphatic rings. The number of hydrogen-bond donors (Lipinski definition) is 5. The molecule has 0 aromatic heterocycles. The van der Waals surface area contributed by atoms with Gasteiger partial charge in [0.25, 0.3) is 0 Å². The fourth-order valence-corrected chi connectivity index (χ4v) is 1.60. The maximum absolute atomic E-state index is 9.74. The van der Waals surface area contributed by atoms with Gasteiger partial charge in [-0.05, 0) is 5.56 Å². The third-order valence-corrected chi connectivity index (χ3v) is 3.04. The molecule has 0 spiro atoms. The minimum atomic E-state index is -1.18. The van der Waals surface area contributed by atoms with Crippen molar-refractivity contribution in [3.8, 4) is 0 Å². The van der Waals surface area contributed by atoms with E-state index in [0.717, 1.165) is 5.56 Å². The normalized spacial score (nSPS) is 13.4. The van der Waals surface area contributed by atoms with Crippen LogP contribution in [0.3, 0.4) is 0 Å². The molecular weight excluding hydrogens is 262 g/mol. The molecule has 0 fully saturated rings. The van der Waals surface area contributed by atoms with Gasteiger partial charge in [-0.25, -0.2) is 0 Å². The van der Waals surface area contributed by atoms with E-state index in [1.165, 1.54) is 0 Å². The van der Waals surface area contributed by atoms with Gasteiger partial charge < -0.3 is 30.5 Å². The molecule has 0 amide bonds. The predicted octanol–water partition coefficient (Wildman–Crippen LogP) is -1.13. The number of hydrogen-bond acceptors (Lipinski definition) is 6. The highest BCUT2D eigenvalue weighted by Gasteiger charge is 2.27. The van der Waals surface area contributed by atoms with E-state index < -0.39 is 31.5 Å². The molecule has 114 valence electrons. The number of rotatable bonds is 10. The van der Waals surface area contributed by atoms with E-state index >= 15 is 0 Å². The van der Waals surface area contributed by atoms with E-state index in [2.05, 4.69) is 5.32 Å². The first-order valence-electron chi connectivity index (χ1n) is 6.53. The number of β-amino-alcohol motifs (C(OH)–C–C–N with tert-alkyl or cyclic N) is 1. The molecule has 1 unspecified atom stereocenters. The van der Waals surface area contributed by atoms with Crippen LogP contribution in [0.1, 0.15) is 5.56 Å². The lowest BCUT2D eigenvalue weighted by molar-refractivity contribution is 0.00436. The van der Waals surface area contributed by atoms with Gasteiger partial charge in [0.1, 0.15) is 0 Å². The van der Waals surface area contributed by atoms with Crippen LogP contribution in [-0.2, 0) is 11.3 Å². The number of aliphatic hydroxyl groups excluding tert-OH is 4. The lowest BCUT2D eigenvalue weighted by Crippen LogP contribution is -2.57. The van der Waals surface area contributed by atoms with Gasteiger partial charge in [0.15, 0.2) is 0 Å². The van der Waals surface area contributed by atoms with Crippen molar-refractivity contribution in [3.63, 3.8) is 0 Å². The number of nitrogens with one attached hydrogen (secondary N) is 1. The van der Waals surface area contributed by atoms with Gasteiger partial charge in [0.2, 0.25) is 0 Å². The summed E-state index contributed by atoms with van der Waals surface area (Å²) in [6.45, 7) is -0.619. The molecule has 6 nitrogen and oxygen atoms in total. The molecule has 20 heavy (non-hydrogen) atoms. The van der Waals surface area contributed by atoms with Crippen molar-refractivity contribution in [1.82, 2.24) is 5.32 Å². The lowest BCUT2D eigenvalue weighted by atomic mass is 10.0. The van der Waals surface area contributed by atoms with Crippen LogP contribution in [0.5, 0.6) is 0 Å². The Hall–Kier alpha value is -1.02. The average Bonchev–Trinajstić information content (AvgIpc) is 2.50. The second-order valence-electron chi connectivity index (χ2n) is 4.79. The summed E-state index contributed by atoms with van der Waals surface area (Å²) < 4.78 is 5.37.